The number of hydrogen-bond donors (Lipinski definition) is 2. The van der Waals surface area contributed by atoms with Crippen molar-refractivity contribution in [3.05, 3.63) is 39.9 Å². The summed E-state index contributed by atoms with van der Waals surface area (Å²) >= 11 is 6.07. The van der Waals surface area contributed by atoms with E-state index in [0.717, 1.165) is 42.1 Å². The third kappa shape index (κ3) is 6.37. The van der Waals surface area contributed by atoms with Crippen LogP contribution in [0.15, 0.2) is 21.8 Å². The molecule has 0 bridgehead atoms. The van der Waals surface area contributed by atoms with Crippen LogP contribution < -0.4 is 15.5 Å². The topological polar surface area (TPSA) is 78.6 Å². The van der Waals surface area contributed by atoms with Gasteiger partial charge in [0.25, 0.3) is 0 Å². The largest absolute Gasteiger partial charge is 0.417 e. The van der Waals surface area contributed by atoms with Gasteiger partial charge in [-0.2, -0.15) is 13.2 Å². The maximum Gasteiger partial charge on any atom is 0.417 e. The zero-order chi connectivity index (χ0) is 21.9. The Morgan fingerprint density at radius 3 is 2.71 bits per heavy atom. The summed E-state index contributed by atoms with van der Waals surface area (Å²) in [6.07, 6.45) is -2.11. The number of aliphatic imine (C=N–C) groups is 1. The Bertz CT molecular complexity index is 901. The molecule has 1 aliphatic rings. The fourth-order valence-electron chi connectivity index (χ4n) is 3.44. The third-order valence-electron chi connectivity index (χ3n) is 5.05. The summed E-state index contributed by atoms with van der Waals surface area (Å²) in [6.45, 7) is 5.64. The Labute approximate surface area is 200 Å². The first kappa shape index (κ1) is 25.5. The molecule has 0 spiro atoms. The van der Waals surface area contributed by atoms with Crippen molar-refractivity contribution in [1.82, 2.24) is 20.8 Å². The normalized spacial score (nSPS) is 16.9. The lowest BCUT2D eigenvalue weighted by molar-refractivity contribution is -0.137. The van der Waals surface area contributed by atoms with Crippen LogP contribution in [-0.2, 0) is 12.6 Å². The summed E-state index contributed by atoms with van der Waals surface area (Å²) in [6, 6.07) is 0.982. The molecule has 0 aromatic carbocycles. The van der Waals surface area contributed by atoms with Gasteiger partial charge in [0, 0.05) is 44.5 Å². The van der Waals surface area contributed by atoms with E-state index >= 15 is 0 Å². The summed E-state index contributed by atoms with van der Waals surface area (Å²) in [7, 11) is 1.69. The van der Waals surface area contributed by atoms with Gasteiger partial charge in [0.1, 0.15) is 11.6 Å². The van der Waals surface area contributed by atoms with Crippen LogP contribution in [0.3, 0.4) is 0 Å². The molecular weight excluding hydrogens is 548 g/mol. The summed E-state index contributed by atoms with van der Waals surface area (Å²) in [5.74, 6) is 1.82. The summed E-state index contributed by atoms with van der Waals surface area (Å²) in [5, 5.41) is 10.5. The first-order valence-corrected chi connectivity index (χ1v) is 9.93. The van der Waals surface area contributed by atoms with E-state index in [9.17, 15) is 13.2 Å². The van der Waals surface area contributed by atoms with Crippen molar-refractivity contribution >= 4 is 47.4 Å². The Morgan fingerprint density at radius 2 is 2.13 bits per heavy atom. The predicted octanol–water partition coefficient (Wildman–Crippen LogP) is 3.96. The van der Waals surface area contributed by atoms with Gasteiger partial charge in [-0.3, -0.25) is 4.99 Å². The molecule has 2 N–H and O–H groups in total. The van der Waals surface area contributed by atoms with Crippen LogP contribution in [0.5, 0.6) is 0 Å². The van der Waals surface area contributed by atoms with Crippen LogP contribution in [0.2, 0.25) is 5.02 Å². The highest BCUT2D eigenvalue weighted by Gasteiger charge is 2.33. The number of guanidine groups is 1. The molecule has 1 saturated heterocycles. The second-order valence-corrected chi connectivity index (χ2v) is 7.56. The average molecular weight is 573 g/mol. The van der Waals surface area contributed by atoms with Crippen molar-refractivity contribution in [3.8, 4) is 0 Å². The minimum Gasteiger partial charge on any atom is -0.361 e. The maximum absolute atomic E-state index is 12.8. The fraction of sp³-hybridized carbons (Fsp3) is 0.526. The van der Waals surface area contributed by atoms with E-state index in [2.05, 4.69) is 25.8 Å². The molecule has 1 aliphatic heterocycles. The molecule has 7 nitrogen and oxygen atoms in total. The number of pyridine rings is 1. The molecule has 3 rings (SSSR count). The zero-order valence-electron chi connectivity index (χ0n) is 17.4. The molecule has 0 amide bonds. The first-order chi connectivity index (χ1) is 14.2. The van der Waals surface area contributed by atoms with Crippen LogP contribution in [0.4, 0.5) is 19.0 Å². The van der Waals surface area contributed by atoms with Crippen molar-refractivity contribution in [3.63, 3.8) is 0 Å². The molecule has 0 aliphatic carbocycles. The van der Waals surface area contributed by atoms with Crippen molar-refractivity contribution in [2.45, 2.75) is 38.9 Å². The number of hydrogen-bond acceptors (Lipinski definition) is 5. The zero-order valence-corrected chi connectivity index (χ0v) is 20.5. The number of alkyl halides is 3. The van der Waals surface area contributed by atoms with Gasteiger partial charge >= 0.3 is 6.18 Å². The highest BCUT2D eigenvalue weighted by Crippen LogP contribution is 2.34. The third-order valence-corrected chi connectivity index (χ3v) is 5.33. The Morgan fingerprint density at radius 1 is 1.39 bits per heavy atom. The van der Waals surface area contributed by atoms with Crippen LogP contribution in [0.1, 0.15) is 29.0 Å². The lowest BCUT2D eigenvalue weighted by Gasteiger charge is -2.21. The molecule has 172 valence electrons. The molecule has 0 saturated carbocycles. The SMILES string of the molecule is CN=C(NCCc1c(C)noc1C)NC1CCN(c2ncc(C(F)(F)F)cc2Cl)C1.I. The van der Waals surface area contributed by atoms with E-state index < -0.39 is 11.7 Å². The van der Waals surface area contributed by atoms with Gasteiger partial charge in [0.15, 0.2) is 5.96 Å². The monoisotopic (exact) mass is 572 g/mol. The second-order valence-electron chi connectivity index (χ2n) is 7.15. The lowest BCUT2D eigenvalue weighted by atomic mass is 10.1. The standard InChI is InChI=1S/C19H24ClF3N6O.HI/c1-11-15(12(2)30-28-11)4-6-25-18(24-3)27-14-5-7-29(10-14)17-16(20)8-13(9-26-17)19(21,22)23;/h8-9,14H,4-7,10H2,1-3H3,(H2,24,25,27);1H. The summed E-state index contributed by atoms with van der Waals surface area (Å²) in [5.41, 5.74) is 1.10. The Kier molecular flexibility index (Phi) is 8.81. The number of nitrogens with one attached hydrogen (secondary N) is 2. The van der Waals surface area contributed by atoms with E-state index in [4.69, 9.17) is 16.1 Å². The summed E-state index contributed by atoms with van der Waals surface area (Å²) in [4.78, 5) is 10.1. The lowest BCUT2D eigenvalue weighted by Crippen LogP contribution is -2.45. The van der Waals surface area contributed by atoms with Gasteiger partial charge in [-0.25, -0.2) is 4.98 Å². The first-order valence-electron chi connectivity index (χ1n) is 9.55. The molecule has 2 aromatic heterocycles. The minimum absolute atomic E-state index is 0. The predicted molar refractivity (Wildman–Crippen MR) is 124 cm³/mol. The second kappa shape index (κ2) is 10.7. The number of aryl methyl sites for hydroxylation is 2. The number of aromatic nitrogens is 2. The Balaban J connectivity index is 0.00000341. The highest BCUT2D eigenvalue weighted by atomic mass is 127. The molecule has 0 radical (unpaired) electrons. The molecule has 1 unspecified atom stereocenters. The van der Waals surface area contributed by atoms with Crippen LogP contribution in [-0.4, -0.2) is 48.8 Å². The molecule has 12 heteroatoms. The van der Waals surface area contributed by atoms with Crippen LogP contribution >= 0.6 is 35.6 Å². The minimum atomic E-state index is -4.47. The van der Waals surface area contributed by atoms with Crippen molar-refractivity contribution in [2.75, 3.05) is 31.6 Å². The number of nitrogens with zero attached hydrogens (tertiary/aromatic N) is 4. The molecule has 31 heavy (non-hydrogen) atoms. The van der Waals surface area contributed by atoms with E-state index in [0.29, 0.717) is 31.4 Å². The molecule has 2 aromatic rings. The van der Waals surface area contributed by atoms with Crippen LogP contribution in [0.25, 0.3) is 0 Å². The number of halogens is 5. The number of rotatable bonds is 5. The van der Waals surface area contributed by atoms with Gasteiger partial charge in [-0.1, -0.05) is 16.8 Å². The smallest absolute Gasteiger partial charge is 0.361 e. The van der Waals surface area contributed by atoms with E-state index in [1.165, 1.54) is 0 Å². The van der Waals surface area contributed by atoms with Gasteiger partial charge in [-0.05, 0) is 32.8 Å². The summed E-state index contributed by atoms with van der Waals surface area (Å²) < 4.78 is 43.6. The van der Waals surface area contributed by atoms with E-state index in [-0.39, 0.29) is 35.0 Å². The number of anilines is 1. The van der Waals surface area contributed by atoms with E-state index in [1.54, 1.807) is 7.05 Å². The quantitative estimate of drug-likeness (QED) is 0.321. The van der Waals surface area contributed by atoms with Gasteiger partial charge < -0.3 is 20.1 Å². The van der Waals surface area contributed by atoms with Crippen LogP contribution in [0, 0.1) is 13.8 Å². The van der Waals surface area contributed by atoms with E-state index in [1.807, 2.05) is 18.7 Å². The van der Waals surface area contributed by atoms with Crippen molar-refractivity contribution in [1.29, 1.82) is 0 Å². The van der Waals surface area contributed by atoms with Gasteiger partial charge in [0.05, 0.1) is 16.3 Å². The molecule has 1 fully saturated rings. The Hall–Kier alpha value is -1.76. The molecule has 1 atom stereocenters. The highest BCUT2D eigenvalue weighted by molar-refractivity contribution is 14.0. The molecule has 3 heterocycles. The molecular formula is C19H25ClF3IN6O. The average Bonchev–Trinajstić information content (AvgIpc) is 3.27. The van der Waals surface area contributed by atoms with Gasteiger partial charge in [0.2, 0.25) is 0 Å². The fourth-order valence-corrected chi connectivity index (χ4v) is 3.73. The maximum atomic E-state index is 12.8. The van der Waals surface area contributed by atoms with Crippen molar-refractivity contribution < 1.29 is 17.7 Å². The van der Waals surface area contributed by atoms with Crippen molar-refractivity contribution in [2.24, 2.45) is 4.99 Å². The van der Waals surface area contributed by atoms with Gasteiger partial charge in [-0.15, -0.1) is 24.0 Å².